The number of hydrogen-bond acceptors (Lipinski definition) is 7. The molecule has 0 aromatic heterocycles. The molecule has 0 saturated carbocycles. The van der Waals surface area contributed by atoms with Crippen LogP contribution in [0.1, 0.15) is 66.2 Å². The summed E-state index contributed by atoms with van der Waals surface area (Å²) in [5, 5.41) is 22.1. The van der Waals surface area contributed by atoms with Gasteiger partial charge in [-0.15, -0.1) is 4.91 Å². The molecule has 0 radical (unpaired) electrons. The predicted molar refractivity (Wildman–Crippen MR) is 136 cm³/mol. The topological polar surface area (TPSA) is 162 Å². The quantitative estimate of drug-likeness (QED) is 0.145. The van der Waals surface area contributed by atoms with Crippen molar-refractivity contribution in [3.05, 3.63) is 41.0 Å². The summed E-state index contributed by atoms with van der Waals surface area (Å²) in [6.07, 6.45) is 10.1. The van der Waals surface area contributed by atoms with Crippen LogP contribution in [0.3, 0.4) is 0 Å². The molecule has 0 saturated heterocycles. The number of nitrogens with zero attached hydrogens (tertiary/aromatic N) is 2. The van der Waals surface area contributed by atoms with Crippen LogP contribution in [0.2, 0.25) is 0 Å². The highest BCUT2D eigenvalue weighted by atomic mass is 16.4. The molecule has 0 aliphatic rings. The van der Waals surface area contributed by atoms with E-state index < -0.39 is 17.8 Å². The summed E-state index contributed by atoms with van der Waals surface area (Å²) in [6.45, 7) is 14.7. The fourth-order valence-corrected chi connectivity index (χ4v) is 2.07. The van der Waals surface area contributed by atoms with Crippen LogP contribution in [-0.2, 0) is 14.4 Å². The number of carbonyl (C=O) groups excluding carboxylic acids is 1. The molecule has 0 unspecified atom stereocenters. The normalized spacial score (nSPS) is 10.7. The molecule has 10 nitrogen and oxygen atoms in total. The van der Waals surface area contributed by atoms with E-state index in [4.69, 9.17) is 20.9 Å². The number of aliphatic carboxylic acids is 2. The highest BCUT2D eigenvalue weighted by molar-refractivity contribution is 5.76. The summed E-state index contributed by atoms with van der Waals surface area (Å²) in [4.78, 5) is 41.0. The number of nitrogens with two attached hydrogens (primary N) is 1. The minimum atomic E-state index is -0.757. The lowest BCUT2D eigenvalue weighted by atomic mass is 10.2. The minimum absolute atomic E-state index is 0.126. The second-order valence-electron chi connectivity index (χ2n) is 7.25. The van der Waals surface area contributed by atoms with Crippen molar-refractivity contribution in [2.24, 2.45) is 10.9 Å². The molecule has 0 rings (SSSR count). The van der Waals surface area contributed by atoms with Gasteiger partial charge in [-0.1, -0.05) is 52.8 Å². The maximum absolute atomic E-state index is 10.8. The van der Waals surface area contributed by atoms with Gasteiger partial charge in [-0.3, -0.25) is 19.3 Å². The van der Waals surface area contributed by atoms with E-state index in [0.29, 0.717) is 0 Å². The van der Waals surface area contributed by atoms with Gasteiger partial charge < -0.3 is 21.3 Å². The zero-order valence-electron chi connectivity index (χ0n) is 21.2. The zero-order valence-corrected chi connectivity index (χ0v) is 21.2. The Labute approximate surface area is 203 Å². The summed E-state index contributed by atoms with van der Waals surface area (Å²) in [6, 6.07) is 0. The number of unbranched alkanes of at least 4 members (excludes halogenated alkanes) is 1. The summed E-state index contributed by atoms with van der Waals surface area (Å²) in [5.74, 6) is -2.09. The summed E-state index contributed by atoms with van der Waals surface area (Å²) in [7, 11) is 0. The van der Waals surface area contributed by atoms with Gasteiger partial charge in [-0.25, -0.2) is 0 Å². The van der Waals surface area contributed by atoms with Gasteiger partial charge in [0, 0.05) is 30.3 Å². The van der Waals surface area contributed by atoms with Crippen LogP contribution in [0.4, 0.5) is 0 Å². The molecular weight excluding hydrogens is 440 g/mol. The average molecular weight is 485 g/mol. The van der Waals surface area contributed by atoms with Crippen LogP contribution in [0.25, 0.3) is 0 Å². The van der Waals surface area contributed by atoms with E-state index in [1.54, 1.807) is 13.8 Å². The van der Waals surface area contributed by atoms with Gasteiger partial charge in [0.15, 0.2) is 0 Å². The standard InChI is InChI=1S/C18H33N3O2.C3H5NO2.C3H6O2/c1-4-6-12-21(15-18(22)23)13-8-11-20-14-16(3)9-7-10-17(19)5-2;1-2-3(5)4-6;1-2-3(4)5/h7,9-10,20H,3-6,8,11-15,19H2,1-2H3,(H,22,23);2H2,1H3;2H2,1H3,(H,4,5)/b9-7-,17-10-;;. The van der Waals surface area contributed by atoms with Crippen molar-refractivity contribution in [2.45, 2.75) is 66.2 Å². The molecule has 0 aromatic rings. The predicted octanol–water partition coefficient (Wildman–Crippen LogP) is 3.69. The Bertz CT molecular complexity index is 647. The Hall–Kier alpha value is -2.85. The first-order chi connectivity index (χ1) is 16.1. The lowest BCUT2D eigenvalue weighted by Crippen LogP contribution is -2.33. The van der Waals surface area contributed by atoms with Crippen molar-refractivity contribution in [3.8, 4) is 0 Å². The molecule has 196 valence electrons. The average Bonchev–Trinajstić information content (AvgIpc) is 2.81. The van der Waals surface area contributed by atoms with Gasteiger partial charge in [0.2, 0.25) is 0 Å². The van der Waals surface area contributed by atoms with Crippen LogP contribution < -0.4 is 11.1 Å². The highest BCUT2D eigenvalue weighted by Gasteiger charge is 2.08. The molecule has 10 heteroatoms. The SMILES string of the molecule is C=C(/C=C\C=C(/N)CC)CNCCCN(CCCC)CC(=O)O.CCC(=O)N=O.CCC(=O)O. The molecule has 5 N–H and O–H groups in total. The van der Waals surface area contributed by atoms with E-state index in [1.165, 1.54) is 0 Å². The van der Waals surface area contributed by atoms with Crippen LogP contribution in [0.5, 0.6) is 0 Å². The fourth-order valence-electron chi connectivity index (χ4n) is 2.07. The molecule has 0 aliphatic heterocycles. The first-order valence-corrected chi connectivity index (χ1v) is 11.6. The molecule has 0 fully saturated rings. The molecular formula is C24H44N4O6. The van der Waals surface area contributed by atoms with Crippen molar-refractivity contribution in [1.29, 1.82) is 0 Å². The molecule has 0 aliphatic carbocycles. The van der Waals surface area contributed by atoms with Crippen LogP contribution in [0.15, 0.2) is 41.3 Å². The largest absolute Gasteiger partial charge is 0.481 e. The maximum atomic E-state index is 10.8. The number of rotatable bonds is 16. The van der Waals surface area contributed by atoms with Gasteiger partial charge >= 0.3 is 11.9 Å². The van der Waals surface area contributed by atoms with E-state index in [1.807, 2.05) is 30.1 Å². The Morgan fingerprint density at radius 1 is 1.00 bits per heavy atom. The third kappa shape index (κ3) is 31.3. The zero-order chi connectivity index (χ0) is 26.8. The lowest BCUT2D eigenvalue weighted by Gasteiger charge is -2.19. The number of hydrogen-bond donors (Lipinski definition) is 4. The van der Waals surface area contributed by atoms with E-state index in [0.717, 1.165) is 63.1 Å². The van der Waals surface area contributed by atoms with Gasteiger partial charge in [-0.05, 0) is 50.5 Å². The second-order valence-corrected chi connectivity index (χ2v) is 7.25. The smallest absolute Gasteiger partial charge is 0.317 e. The Balaban J connectivity index is -0.000000718. The fraction of sp³-hybridized carbons (Fsp3) is 0.625. The van der Waals surface area contributed by atoms with Gasteiger partial charge in [0.25, 0.3) is 5.91 Å². The Kier molecular flexibility index (Phi) is 27.7. The molecule has 0 spiro atoms. The van der Waals surface area contributed by atoms with Crippen LogP contribution in [-0.4, -0.2) is 65.7 Å². The van der Waals surface area contributed by atoms with Crippen LogP contribution >= 0.6 is 0 Å². The third-order valence-electron chi connectivity index (χ3n) is 4.12. The molecule has 0 aromatic carbocycles. The first-order valence-electron chi connectivity index (χ1n) is 11.6. The van der Waals surface area contributed by atoms with E-state index in [2.05, 4.69) is 24.0 Å². The van der Waals surface area contributed by atoms with Crippen molar-refractivity contribution in [1.82, 2.24) is 10.2 Å². The monoisotopic (exact) mass is 484 g/mol. The second kappa shape index (κ2) is 26.4. The number of amides is 1. The molecule has 0 heterocycles. The summed E-state index contributed by atoms with van der Waals surface area (Å²) >= 11 is 0. The number of allylic oxidation sites excluding steroid dienone is 3. The van der Waals surface area contributed by atoms with Crippen molar-refractivity contribution < 1.29 is 24.6 Å². The third-order valence-corrected chi connectivity index (χ3v) is 4.12. The number of nitroso groups, excluding NO2 is 1. The van der Waals surface area contributed by atoms with Gasteiger partial charge in [0.1, 0.15) is 0 Å². The van der Waals surface area contributed by atoms with E-state index in [9.17, 15) is 14.4 Å². The van der Waals surface area contributed by atoms with Crippen molar-refractivity contribution in [3.63, 3.8) is 0 Å². The Morgan fingerprint density at radius 2 is 1.59 bits per heavy atom. The first kappa shape index (κ1) is 35.7. The molecule has 34 heavy (non-hydrogen) atoms. The summed E-state index contributed by atoms with van der Waals surface area (Å²) < 4.78 is 0. The summed E-state index contributed by atoms with van der Waals surface area (Å²) in [5.41, 5.74) is 7.57. The maximum Gasteiger partial charge on any atom is 0.317 e. The molecule has 0 bridgehead atoms. The van der Waals surface area contributed by atoms with E-state index >= 15 is 0 Å². The van der Waals surface area contributed by atoms with Gasteiger partial charge in [0.05, 0.1) is 6.54 Å². The molecule has 0 atom stereocenters. The van der Waals surface area contributed by atoms with E-state index in [-0.39, 0.29) is 19.4 Å². The number of carboxylic acids is 2. The number of nitrogens with one attached hydrogen (secondary N) is 1. The van der Waals surface area contributed by atoms with Crippen molar-refractivity contribution in [2.75, 3.05) is 32.7 Å². The highest BCUT2D eigenvalue weighted by Crippen LogP contribution is 1.98. The van der Waals surface area contributed by atoms with Gasteiger partial charge in [-0.2, -0.15) is 0 Å². The lowest BCUT2D eigenvalue weighted by molar-refractivity contribution is -0.138. The van der Waals surface area contributed by atoms with Crippen molar-refractivity contribution >= 4 is 17.8 Å². The number of carbonyl (C=O) groups is 3. The number of carboxylic acid groups (broad SMARTS) is 2. The minimum Gasteiger partial charge on any atom is -0.481 e. The Morgan fingerprint density at radius 3 is 2.00 bits per heavy atom. The van der Waals surface area contributed by atoms with Crippen LogP contribution in [0, 0.1) is 4.91 Å². The molecule has 1 amide bonds.